The van der Waals surface area contributed by atoms with Crippen LogP contribution < -0.4 is 10.5 Å². The highest BCUT2D eigenvalue weighted by Gasteiger charge is 2.22. The first kappa shape index (κ1) is 13.7. The topological polar surface area (TPSA) is 35.2 Å². The molecule has 20 heavy (non-hydrogen) atoms. The molecule has 0 saturated heterocycles. The zero-order valence-electron chi connectivity index (χ0n) is 11.3. The normalized spacial score (nSPS) is 16.9. The van der Waals surface area contributed by atoms with Crippen LogP contribution in [-0.2, 0) is 6.42 Å². The molecule has 1 unspecified atom stereocenters. The molecule has 0 saturated carbocycles. The molecule has 1 heterocycles. The highest BCUT2D eigenvalue weighted by molar-refractivity contribution is 8.03. The minimum Gasteiger partial charge on any atom is -0.497 e. The first-order chi connectivity index (χ1) is 9.76. The highest BCUT2D eigenvalue weighted by atomic mass is 32.2. The molecule has 0 fully saturated rings. The molecule has 1 aliphatic heterocycles. The molecule has 1 atom stereocenters. The second-order valence-corrected chi connectivity index (χ2v) is 7.17. The molecule has 2 aromatic rings. The molecular formula is C16H17NOS2. The maximum Gasteiger partial charge on any atom is 0.120 e. The number of nitrogens with two attached hydrogens (primary N) is 1. The Kier molecular flexibility index (Phi) is 4.13. The van der Waals surface area contributed by atoms with E-state index in [-0.39, 0.29) is 0 Å². The second-order valence-electron chi connectivity index (χ2n) is 4.77. The summed E-state index contributed by atoms with van der Waals surface area (Å²) in [6, 6.07) is 14.5. The van der Waals surface area contributed by atoms with Crippen molar-refractivity contribution in [1.82, 2.24) is 0 Å². The van der Waals surface area contributed by atoms with E-state index < -0.39 is 0 Å². The fourth-order valence-corrected chi connectivity index (χ4v) is 4.77. The standard InChI is InChI=1S/C16H17NOS2/c1-18-12-6-7-14(17)16(9-12)19-10-13-8-11-4-2-3-5-15(11)20-13/h2-7,9,13H,8,10,17H2,1H3. The Morgan fingerprint density at radius 3 is 2.95 bits per heavy atom. The van der Waals surface area contributed by atoms with Crippen molar-refractivity contribution in [2.45, 2.75) is 21.5 Å². The predicted molar refractivity (Wildman–Crippen MR) is 87.9 cm³/mol. The monoisotopic (exact) mass is 303 g/mol. The molecule has 2 nitrogen and oxygen atoms in total. The van der Waals surface area contributed by atoms with Gasteiger partial charge in [-0.1, -0.05) is 18.2 Å². The maximum atomic E-state index is 6.03. The van der Waals surface area contributed by atoms with Crippen LogP contribution in [0.25, 0.3) is 0 Å². The summed E-state index contributed by atoms with van der Waals surface area (Å²) in [5, 5.41) is 0.628. The average Bonchev–Trinajstić information content (AvgIpc) is 2.89. The molecule has 0 aromatic heterocycles. The van der Waals surface area contributed by atoms with Crippen molar-refractivity contribution in [1.29, 1.82) is 0 Å². The Morgan fingerprint density at radius 1 is 1.30 bits per heavy atom. The smallest absolute Gasteiger partial charge is 0.120 e. The molecule has 1 aliphatic rings. The van der Waals surface area contributed by atoms with Crippen LogP contribution in [0.15, 0.2) is 52.3 Å². The third-order valence-corrected chi connectivity index (χ3v) is 6.12. The zero-order valence-corrected chi connectivity index (χ0v) is 13.0. The van der Waals surface area contributed by atoms with E-state index in [2.05, 4.69) is 24.3 Å². The highest BCUT2D eigenvalue weighted by Crippen LogP contribution is 2.40. The number of rotatable bonds is 4. The van der Waals surface area contributed by atoms with E-state index in [4.69, 9.17) is 10.5 Å². The summed E-state index contributed by atoms with van der Waals surface area (Å²) >= 11 is 3.80. The molecule has 0 aliphatic carbocycles. The van der Waals surface area contributed by atoms with E-state index in [1.165, 1.54) is 10.5 Å². The van der Waals surface area contributed by atoms with Gasteiger partial charge in [-0.25, -0.2) is 0 Å². The van der Waals surface area contributed by atoms with Gasteiger partial charge in [0.1, 0.15) is 5.75 Å². The number of benzene rings is 2. The van der Waals surface area contributed by atoms with Gasteiger partial charge in [-0.2, -0.15) is 0 Å². The lowest BCUT2D eigenvalue weighted by molar-refractivity contribution is 0.414. The lowest BCUT2D eigenvalue weighted by atomic mass is 10.1. The van der Waals surface area contributed by atoms with Gasteiger partial charge in [-0.15, -0.1) is 23.5 Å². The number of hydrogen-bond donors (Lipinski definition) is 1. The molecule has 0 amide bonds. The average molecular weight is 303 g/mol. The molecule has 2 N–H and O–H groups in total. The molecular weight excluding hydrogens is 286 g/mol. The summed E-state index contributed by atoms with van der Waals surface area (Å²) in [6.45, 7) is 0. The number of ether oxygens (including phenoxy) is 1. The van der Waals surface area contributed by atoms with Crippen LogP contribution >= 0.6 is 23.5 Å². The summed E-state index contributed by atoms with van der Waals surface area (Å²) in [4.78, 5) is 2.54. The number of methoxy groups -OCH3 is 1. The minimum atomic E-state index is 0.628. The van der Waals surface area contributed by atoms with Crippen molar-refractivity contribution >= 4 is 29.2 Å². The predicted octanol–water partition coefficient (Wildman–Crippen LogP) is 4.09. The Bertz CT molecular complexity index is 590. The van der Waals surface area contributed by atoms with E-state index in [0.29, 0.717) is 5.25 Å². The Balaban J connectivity index is 1.64. The summed E-state index contributed by atoms with van der Waals surface area (Å²) in [7, 11) is 1.68. The molecule has 0 radical (unpaired) electrons. The lowest BCUT2D eigenvalue weighted by Crippen LogP contribution is -2.04. The van der Waals surface area contributed by atoms with Crippen LogP contribution in [-0.4, -0.2) is 18.1 Å². The summed E-state index contributed by atoms with van der Waals surface area (Å²) in [5.41, 5.74) is 8.33. The largest absolute Gasteiger partial charge is 0.497 e. The van der Waals surface area contributed by atoms with Crippen LogP contribution in [0.4, 0.5) is 5.69 Å². The van der Waals surface area contributed by atoms with E-state index in [9.17, 15) is 0 Å². The van der Waals surface area contributed by atoms with E-state index in [0.717, 1.165) is 28.5 Å². The van der Waals surface area contributed by atoms with Gasteiger partial charge in [0, 0.05) is 26.5 Å². The van der Waals surface area contributed by atoms with Crippen LogP contribution in [0.1, 0.15) is 5.56 Å². The molecule has 104 valence electrons. The van der Waals surface area contributed by atoms with Crippen molar-refractivity contribution in [2.24, 2.45) is 0 Å². The van der Waals surface area contributed by atoms with Crippen LogP contribution in [0.3, 0.4) is 0 Å². The molecule has 3 rings (SSSR count). The number of nitrogen functional groups attached to an aromatic ring is 1. The van der Waals surface area contributed by atoms with Gasteiger partial charge < -0.3 is 10.5 Å². The van der Waals surface area contributed by atoms with Gasteiger partial charge in [-0.3, -0.25) is 0 Å². The summed E-state index contributed by atoms with van der Waals surface area (Å²) in [5.74, 6) is 1.93. The molecule has 0 spiro atoms. The second kappa shape index (κ2) is 6.02. The number of anilines is 1. The third-order valence-electron chi connectivity index (χ3n) is 3.36. The van der Waals surface area contributed by atoms with E-state index in [1.54, 1.807) is 7.11 Å². The van der Waals surface area contributed by atoms with E-state index >= 15 is 0 Å². The number of fused-ring (bicyclic) bond motifs is 1. The van der Waals surface area contributed by atoms with Gasteiger partial charge >= 0.3 is 0 Å². The minimum absolute atomic E-state index is 0.628. The first-order valence-electron chi connectivity index (χ1n) is 6.57. The van der Waals surface area contributed by atoms with Crippen molar-refractivity contribution < 1.29 is 4.74 Å². The lowest BCUT2D eigenvalue weighted by Gasteiger charge is -2.11. The Morgan fingerprint density at radius 2 is 2.15 bits per heavy atom. The Labute approximate surface area is 128 Å². The van der Waals surface area contributed by atoms with Crippen LogP contribution in [0.5, 0.6) is 5.75 Å². The van der Waals surface area contributed by atoms with Crippen molar-refractivity contribution in [3.63, 3.8) is 0 Å². The van der Waals surface area contributed by atoms with Gasteiger partial charge in [-0.05, 0) is 36.2 Å². The van der Waals surface area contributed by atoms with Crippen molar-refractivity contribution in [2.75, 3.05) is 18.6 Å². The molecule has 2 aromatic carbocycles. The first-order valence-corrected chi connectivity index (χ1v) is 8.43. The number of thioether (sulfide) groups is 2. The van der Waals surface area contributed by atoms with E-state index in [1.807, 2.05) is 41.7 Å². The SMILES string of the molecule is COc1ccc(N)c(SCC2Cc3ccccc3S2)c1. The maximum absolute atomic E-state index is 6.03. The number of hydrogen-bond acceptors (Lipinski definition) is 4. The van der Waals surface area contributed by atoms with Gasteiger partial charge in [0.15, 0.2) is 0 Å². The summed E-state index contributed by atoms with van der Waals surface area (Å²) in [6.07, 6.45) is 1.15. The van der Waals surface area contributed by atoms with Gasteiger partial charge in [0.25, 0.3) is 0 Å². The fraction of sp³-hybridized carbons (Fsp3) is 0.250. The van der Waals surface area contributed by atoms with Crippen molar-refractivity contribution in [3.8, 4) is 5.75 Å². The van der Waals surface area contributed by atoms with Gasteiger partial charge in [0.2, 0.25) is 0 Å². The zero-order chi connectivity index (χ0) is 13.9. The van der Waals surface area contributed by atoms with Crippen LogP contribution in [0.2, 0.25) is 0 Å². The quantitative estimate of drug-likeness (QED) is 0.681. The van der Waals surface area contributed by atoms with Gasteiger partial charge in [0.05, 0.1) is 7.11 Å². The fourth-order valence-electron chi connectivity index (χ4n) is 2.30. The Hall–Kier alpha value is -1.26. The molecule has 0 bridgehead atoms. The summed E-state index contributed by atoms with van der Waals surface area (Å²) < 4.78 is 5.26. The third kappa shape index (κ3) is 2.91. The van der Waals surface area contributed by atoms with Crippen molar-refractivity contribution in [3.05, 3.63) is 48.0 Å². The molecule has 4 heteroatoms. The van der Waals surface area contributed by atoms with Crippen LogP contribution in [0, 0.1) is 0 Å².